The first-order chi connectivity index (χ1) is 12.6. The van der Waals surface area contributed by atoms with Gasteiger partial charge >= 0.3 is 0 Å². The Hall–Kier alpha value is -3.54. The molecule has 6 nitrogen and oxygen atoms in total. The van der Waals surface area contributed by atoms with Crippen molar-refractivity contribution in [1.82, 2.24) is 0 Å². The standard InChI is InChI=1S/C20H14O6/c1-23-11-3-5-17-13(7-11)19(21)15(9-25-17)16-10-26-18-6-4-12(24-2)8-14(18)20(16)22/h3-10H,1-2H3. The zero-order chi connectivity index (χ0) is 18.3. The van der Waals surface area contributed by atoms with Crippen molar-refractivity contribution >= 4 is 21.9 Å². The van der Waals surface area contributed by atoms with E-state index in [2.05, 4.69) is 0 Å². The third-order valence-corrected chi connectivity index (χ3v) is 4.25. The Bertz CT molecular complexity index is 1150. The lowest BCUT2D eigenvalue weighted by Gasteiger charge is -2.06. The lowest BCUT2D eigenvalue weighted by molar-refractivity contribution is 0.415. The van der Waals surface area contributed by atoms with Gasteiger partial charge in [-0.15, -0.1) is 0 Å². The average molecular weight is 350 g/mol. The largest absolute Gasteiger partial charge is 0.497 e. The molecule has 4 rings (SSSR count). The van der Waals surface area contributed by atoms with Crippen LogP contribution < -0.4 is 20.3 Å². The highest BCUT2D eigenvalue weighted by Gasteiger charge is 2.16. The third-order valence-electron chi connectivity index (χ3n) is 4.25. The fourth-order valence-corrected chi connectivity index (χ4v) is 2.85. The maximum atomic E-state index is 12.9. The first-order valence-electron chi connectivity index (χ1n) is 7.82. The highest BCUT2D eigenvalue weighted by atomic mass is 16.5. The van der Waals surface area contributed by atoms with Crippen LogP contribution in [-0.2, 0) is 0 Å². The van der Waals surface area contributed by atoms with E-state index in [9.17, 15) is 9.59 Å². The summed E-state index contributed by atoms with van der Waals surface area (Å²) in [4.78, 5) is 25.8. The van der Waals surface area contributed by atoms with E-state index in [4.69, 9.17) is 18.3 Å². The van der Waals surface area contributed by atoms with Gasteiger partial charge in [-0.1, -0.05) is 0 Å². The minimum absolute atomic E-state index is 0.129. The molecule has 130 valence electrons. The monoisotopic (exact) mass is 350 g/mol. The van der Waals surface area contributed by atoms with Gasteiger partial charge in [-0.3, -0.25) is 9.59 Å². The van der Waals surface area contributed by atoms with E-state index in [1.165, 1.54) is 26.7 Å². The van der Waals surface area contributed by atoms with E-state index >= 15 is 0 Å². The van der Waals surface area contributed by atoms with Gasteiger partial charge in [-0.2, -0.15) is 0 Å². The van der Waals surface area contributed by atoms with Gasteiger partial charge in [-0.05, 0) is 36.4 Å². The van der Waals surface area contributed by atoms with Gasteiger partial charge in [0.05, 0.1) is 36.1 Å². The first kappa shape index (κ1) is 16.0. The Morgan fingerprint density at radius 1 is 0.692 bits per heavy atom. The summed E-state index contributed by atoms with van der Waals surface area (Å²) in [5.74, 6) is 1.05. The van der Waals surface area contributed by atoms with Crippen molar-refractivity contribution in [2.75, 3.05) is 14.2 Å². The first-order valence-corrected chi connectivity index (χ1v) is 7.82. The maximum Gasteiger partial charge on any atom is 0.200 e. The Morgan fingerprint density at radius 3 is 1.50 bits per heavy atom. The molecule has 26 heavy (non-hydrogen) atoms. The van der Waals surface area contributed by atoms with E-state index in [1.54, 1.807) is 36.4 Å². The molecule has 4 aromatic rings. The fraction of sp³-hybridized carbons (Fsp3) is 0.100. The highest BCUT2D eigenvalue weighted by Crippen LogP contribution is 2.24. The fourth-order valence-electron chi connectivity index (χ4n) is 2.85. The summed E-state index contributed by atoms with van der Waals surface area (Å²) in [6.07, 6.45) is 2.55. The summed E-state index contributed by atoms with van der Waals surface area (Å²) in [5.41, 5.74) is 0.408. The molecule has 0 atom stereocenters. The van der Waals surface area contributed by atoms with Crippen LogP contribution in [0.5, 0.6) is 11.5 Å². The van der Waals surface area contributed by atoms with Crippen molar-refractivity contribution < 1.29 is 18.3 Å². The molecule has 0 amide bonds. The second kappa shape index (κ2) is 6.07. The van der Waals surface area contributed by atoms with Crippen molar-refractivity contribution in [3.8, 4) is 22.6 Å². The van der Waals surface area contributed by atoms with Crippen molar-refractivity contribution in [3.63, 3.8) is 0 Å². The number of hydrogen-bond donors (Lipinski definition) is 0. The van der Waals surface area contributed by atoms with Gasteiger partial charge in [0.15, 0.2) is 0 Å². The number of ether oxygens (including phenoxy) is 2. The second-order valence-corrected chi connectivity index (χ2v) is 5.68. The number of methoxy groups -OCH3 is 2. The zero-order valence-electron chi connectivity index (χ0n) is 14.1. The van der Waals surface area contributed by atoms with Crippen LogP contribution in [0.2, 0.25) is 0 Å². The van der Waals surface area contributed by atoms with E-state index in [0.29, 0.717) is 33.4 Å². The van der Waals surface area contributed by atoms with Crippen LogP contribution in [0, 0.1) is 0 Å². The SMILES string of the molecule is COc1ccc2occ(-c3coc4ccc(OC)cc4c3=O)c(=O)c2c1. The predicted molar refractivity (Wildman–Crippen MR) is 97.1 cm³/mol. The van der Waals surface area contributed by atoms with Gasteiger partial charge in [0.2, 0.25) is 10.9 Å². The number of benzene rings is 2. The summed E-state index contributed by atoms with van der Waals surface area (Å²) < 4.78 is 21.4. The van der Waals surface area contributed by atoms with E-state index in [1.807, 2.05) is 0 Å². The van der Waals surface area contributed by atoms with Gasteiger partial charge in [-0.25, -0.2) is 0 Å². The van der Waals surface area contributed by atoms with Crippen molar-refractivity contribution in [2.45, 2.75) is 0 Å². The molecule has 6 heteroatoms. The van der Waals surface area contributed by atoms with Gasteiger partial charge in [0.1, 0.15) is 35.2 Å². The predicted octanol–water partition coefficient (Wildman–Crippen LogP) is 3.58. The van der Waals surface area contributed by atoms with Crippen LogP contribution in [-0.4, -0.2) is 14.2 Å². The second-order valence-electron chi connectivity index (χ2n) is 5.68. The Kier molecular flexibility index (Phi) is 3.73. The molecule has 0 radical (unpaired) electrons. The summed E-state index contributed by atoms with van der Waals surface area (Å²) in [5, 5.41) is 0.652. The van der Waals surface area contributed by atoms with Crippen LogP contribution in [0.1, 0.15) is 0 Å². The molecule has 2 heterocycles. The minimum Gasteiger partial charge on any atom is -0.497 e. The topological polar surface area (TPSA) is 78.9 Å². The Balaban J connectivity index is 2.00. The molecular weight excluding hydrogens is 336 g/mol. The zero-order valence-corrected chi connectivity index (χ0v) is 14.1. The summed E-state index contributed by atoms with van der Waals surface area (Å²) >= 11 is 0. The van der Waals surface area contributed by atoms with E-state index < -0.39 is 0 Å². The molecule has 2 aromatic heterocycles. The molecular formula is C20H14O6. The van der Waals surface area contributed by atoms with E-state index in [0.717, 1.165) is 0 Å². The van der Waals surface area contributed by atoms with Crippen molar-refractivity contribution in [2.24, 2.45) is 0 Å². The number of hydrogen-bond acceptors (Lipinski definition) is 6. The lowest BCUT2D eigenvalue weighted by Crippen LogP contribution is -2.12. The van der Waals surface area contributed by atoms with Gasteiger partial charge in [0, 0.05) is 0 Å². The van der Waals surface area contributed by atoms with Crippen molar-refractivity contribution in [3.05, 3.63) is 69.4 Å². The molecule has 0 N–H and O–H groups in total. The maximum absolute atomic E-state index is 12.9. The number of fused-ring (bicyclic) bond motifs is 2. The normalized spacial score (nSPS) is 11.0. The summed E-state index contributed by atoms with van der Waals surface area (Å²) in [6.45, 7) is 0. The molecule has 2 aromatic carbocycles. The molecule has 0 aliphatic heterocycles. The minimum atomic E-state index is -0.334. The summed E-state index contributed by atoms with van der Waals surface area (Å²) in [7, 11) is 3.02. The molecule has 0 saturated heterocycles. The number of rotatable bonds is 3. The molecule has 0 saturated carbocycles. The van der Waals surface area contributed by atoms with Crippen molar-refractivity contribution in [1.29, 1.82) is 0 Å². The van der Waals surface area contributed by atoms with Gasteiger partial charge < -0.3 is 18.3 Å². The molecule has 0 bridgehead atoms. The molecule has 0 aliphatic rings. The molecule has 0 aliphatic carbocycles. The average Bonchev–Trinajstić information content (AvgIpc) is 2.69. The Morgan fingerprint density at radius 2 is 1.12 bits per heavy atom. The van der Waals surface area contributed by atoms with E-state index in [-0.39, 0.29) is 22.0 Å². The molecule has 0 unspecified atom stereocenters. The van der Waals surface area contributed by atoms with Crippen LogP contribution in [0.15, 0.2) is 67.3 Å². The van der Waals surface area contributed by atoms with Crippen LogP contribution in [0.4, 0.5) is 0 Å². The third kappa shape index (κ3) is 2.43. The van der Waals surface area contributed by atoms with Crippen LogP contribution in [0.3, 0.4) is 0 Å². The van der Waals surface area contributed by atoms with Gasteiger partial charge in [0.25, 0.3) is 0 Å². The molecule has 0 spiro atoms. The smallest absolute Gasteiger partial charge is 0.200 e. The molecule has 0 fully saturated rings. The lowest BCUT2D eigenvalue weighted by atomic mass is 10.1. The quantitative estimate of drug-likeness (QED) is 0.562. The van der Waals surface area contributed by atoms with Crippen LogP contribution >= 0.6 is 0 Å². The highest BCUT2D eigenvalue weighted by molar-refractivity contribution is 5.86. The Labute approximate surface area is 147 Å². The van der Waals surface area contributed by atoms with Crippen LogP contribution in [0.25, 0.3) is 33.1 Å². The summed E-state index contributed by atoms with van der Waals surface area (Å²) in [6, 6.07) is 9.84.